The molecule has 0 saturated heterocycles. The van der Waals surface area contributed by atoms with Crippen molar-refractivity contribution in [3.8, 4) is 0 Å². The van der Waals surface area contributed by atoms with Gasteiger partial charge in [0.05, 0.1) is 0 Å². The fourth-order valence-electron chi connectivity index (χ4n) is 1.64. The molecule has 1 N–H and O–H groups in total. The van der Waals surface area contributed by atoms with Crippen LogP contribution in [0.1, 0.15) is 26.7 Å². The number of hydrogen-bond acceptors (Lipinski definition) is 3. The molecule has 1 aromatic heterocycles. The van der Waals surface area contributed by atoms with Crippen LogP contribution in [-0.4, -0.2) is 15.5 Å². The summed E-state index contributed by atoms with van der Waals surface area (Å²) in [7, 11) is 0. The third-order valence-electron chi connectivity index (χ3n) is 2.67. The van der Waals surface area contributed by atoms with Crippen molar-refractivity contribution in [2.45, 2.75) is 32.2 Å². The van der Waals surface area contributed by atoms with Crippen molar-refractivity contribution in [1.29, 1.82) is 0 Å². The lowest BCUT2D eigenvalue weighted by Gasteiger charge is -2.26. The predicted molar refractivity (Wildman–Crippen MR) is 57.5 cm³/mol. The predicted octanol–water partition coefficient (Wildman–Crippen LogP) is 2.73. The van der Waals surface area contributed by atoms with Gasteiger partial charge in [0.25, 0.3) is 0 Å². The standard InChI is InChI=1S/C10H14ClN3/c1-10(2,7-3-4-7)14-8-5-6-12-9(11)13-8/h5-7H,3-4H2,1-2H3,(H,12,13,14). The molecule has 0 amide bonds. The van der Waals surface area contributed by atoms with E-state index < -0.39 is 0 Å². The average Bonchev–Trinajstić information content (AvgIpc) is 2.84. The van der Waals surface area contributed by atoms with Crippen LogP contribution in [0.3, 0.4) is 0 Å². The zero-order valence-electron chi connectivity index (χ0n) is 8.42. The van der Waals surface area contributed by atoms with Crippen molar-refractivity contribution in [1.82, 2.24) is 9.97 Å². The van der Waals surface area contributed by atoms with Gasteiger partial charge in [0.15, 0.2) is 0 Å². The van der Waals surface area contributed by atoms with Gasteiger partial charge in [-0.1, -0.05) is 0 Å². The molecule has 1 aliphatic carbocycles. The minimum atomic E-state index is 0.109. The van der Waals surface area contributed by atoms with Crippen LogP contribution in [0, 0.1) is 5.92 Å². The van der Waals surface area contributed by atoms with Crippen molar-refractivity contribution < 1.29 is 0 Å². The lowest BCUT2D eigenvalue weighted by atomic mass is 9.99. The molecule has 1 heterocycles. The molecule has 0 aliphatic heterocycles. The van der Waals surface area contributed by atoms with Crippen LogP contribution in [0.2, 0.25) is 5.28 Å². The van der Waals surface area contributed by atoms with Gasteiger partial charge in [-0.05, 0) is 50.3 Å². The molecular weight excluding hydrogens is 198 g/mol. The summed E-state index contributed by atoms with van der Waals surface area (Å²) in [5, 5.41) is 3.68. The average molecular weight is 212 g/mol. The summed E-state index contributed by atoms with van der Waals surface area (Å²) in [6.45, 7) is 4.39. The monoisotopic (exact) mass is 211 g/mol. The van der Waals surface area contributed by atoms with Gasteiger partial charge >= 0.3 is 0 Å². The Morgan fingerprint density at radius 3 is 2.79 bits per heavy atom. The van der Waals surface area contributed by atoms with Crippen molar-refractivity contribution >= 4 is 17.4 Å². The van der Waals surface area contributed by atoms with Crippen molar-refractivity contribution in [2.24, 2.45) is 5.92 Å². The van der Waals surface area contributed by atoms with E-state index in [2.05, 4.69) is 29.1 Å². The second kappa shape index (κ2) is 3.39. The second-order valence-electron chi connectivity index (χ2n) is 4.33. The zero-order valence-corrected chi connectivity index (χ0v) is 9.17. The molecule has 14 heavy (non-hydrogen) atoms. The first kappa shape index (κ1) is 9.71. The molecule has 0 spiro atoms. The number of halogens is 1. The number of aromatic nitrogens is 2. The maximum atomic E-state index is 5.71. The van der Waals surface area contributed by atoms with Gasteiger partial charge in [0, 0.05) is 11.7 Å². The van der Waals surface area contributed by atoms with Gasteiger partial charge in [0.2, 0.25) is 5.28 Å². The third kappa shape index (κ3) is 2.15. The molecule has 1 saturated carbocycles. The van der Waals surface area contributed by atoms with Crippen LogP contribution in [0.25, 0.3) is 0 Å². The molecule has 0 aromatic carbocycles. The molecule has 76 valence electrons. The van der Waals surface area contributed by atoms with Crippen LogP contribution >= 0.6 is 11.6 Å². The fourth-order valence-corrected chi connectivity index (χ4v) is 1.79. The van der Waals surface area contributed by atoms with Crippen LogP contribution in [0.5, 0.6) is 0 Å². The Kier molecular flexibility index (Phi) is 2.35. The van der Waals surface area contributed by atoms with Gasteiger partial charge in [0.1, 0.15) is 5.82 Å². The van der Waals surface area contributed by atoms with E-state index in [9.17, 15) is 0 Å². The van der Waals surface area contributed by atoms with Gasteiger partial charge in [-0.15, -0.1) is 0 Å². The van der Waals surface area contributed by atoms with Crippen LogP contribution in [-0.2, 0) is 0 Å². The van der Waals surface area contributed by atoms with E-state index in [1.54, 1.807) is 6.20 Å². The number of hydrogen-bond donors (Lipinski definition) is 1. The van der Waals surface area contributed by atoms with Crippen LogP contribution < -0.4 is 5.32 Å². The smallest absolute Gasteiger partial charge is 0.224 e. The number of nitrogens with zero attached hydrogens (tertiary/aromatic N) is 2. The highest BCUT2D eigenvalue weighted by molar-refractivity contribution is 6.28. The first-order chi connectivity index (χ1) is 6.58. The molecule has 1 aromatic rings. The zero-order chi connectivity index (χ0) is 10.2. The van der Waals surface area contributed by atoms with Gasteiger partial charge in [-0.2, -0.15) is 0 Å². The highest BCUT2D eigenvalue weighted by atomic mass is 35.5. The summed E-state index contributed by atoms with van der Waals surface area (Å²) in [4.78, 5) is 7.96. The summed E-state index contributed by atoms with van der Waals surface area (Å²) in [6, 6.07) is 1.84. The first-order valence-corrected chi connectivity index (χ1v) is 5.22. The normalized spacial score (nSPS) is 16.8. The van der Waals surface area contributed by atoms with Crippen LogP contribution in [0.15, 0.2) is 12.3 Å². The molecule has 3 nitrogen and oxygen atoms in total. The Balaban J connectivity index is 2.09. The Morgan fingerprint density at radius 1 is 1.50 bits per heavy atom. The molecule has 0 radical (unpaired) electrons. The van der Waals surface area contributed by atoms with E-state index in [4.69, 9.17) is 11.6 Å². The molecule has 0 atom stereocenters. The Hall–Kier alpha value is -0.830. The highest BCUT2D eigenvalue weighted by Gasteiger charge is 2.37. The second-order valence-corrected chi connectivity index (χ2v) is 4.67. The quantitative estimate of drug-likeness (QED) is 0.782. The summed E-state index contributed by atoms with van der Waals surface area (Å²) < 4.78 is 0. The minimum absolute atomic E-state index is 0.109. The maximum absolute atomic E-state index is 5.71. The summed E-state index contributed by atoms with van der Waals surface area (Å²) in [5.41, 5.74) is 0.109. The first-order valence-electron chi connectivity index (χ1n) is 4.85. The number of rotatable bonds is 3. The fraction of sp³-hybridized carbons (Fsp3) is 0.600. The van der Waals surface area contributed by atoms with Crippen LogP contribution in [0.4, 0.5) is 5.82 Å². The molecule has 0 bridgehead atoms. The van der Waals surface area contributed by atoms with Crippen molar-refractivity contribution in [3.05, 3.63) is 17.5 Å². The Morgan fingerprint density at radius 2 is 2.21 bits per heavy atom. The lowest BCUT2D eigenvalue weighted by Crippen LogP contribution is -2.33. The van der Waals surface area contributed by atoms with E-state index in [1.165, 1.54) is 12.8 Å². The van der Waals surface area contributed by atoms with E-state index in [-0.39, 0.29) is 5.54 Å². The van der Waals surface area contributed by atoms with Crippen molar-refractivity contribution in [3.63, 3.8) is 0 Å². The third-order valence-corrected chi connectivity index (χ3v) is 2.86. The van der Waals surface area contributed by atoms with E-state index in [0.717, 1.165) is 11.7 Å². The lowest BCUT2D eigenvalue weighted by molar-refractivity contribution is 0.492. The van der Waals surface area contributed by atoms with E-state index in [1.807, 2.05) is 6.07 Å². The summed E-state index contributed by atoms with van der Waals surface area (Å²) >= 11 is 5.71. The van der Waals surface area contributed by atoms with Crippen molar-refractivity contribution in [2.75, 3.05) is 5.32 Å². The van der Waals surface area contributed by atoms with E-state index in [0.29, 0.717) is 5.28 Å². The molecule has 1 aliphatic rings. The summed E-state index contributed by atoms with van der Waals surface area (Å²) in [5.74, 6) is 1.57. The number of nitrogens with one attached hydrogen (secondary N) is 1. The largest absolute Gasteiger partial charge is 0.365 e. The Labute approximate surface area is 88.9 Å². The van der Waals surface area contributed by atoms with Gasteiger partial charge in [-0.25, -0.2) is 9.97 Å². The molecule has 1 fully saturated rings. The van der Waals surface area contributed by atoms with Gasteiger partial charge < -0.3 is 5.32 Å². The highest BCUT2D eigenvalue weighted by Crippen LogP contribution is 2.40. The molecule has 2 rings (SSSR count). The topological polar surface area (TPSA) is 37.8 Å². The maximum Gasteiger partial charge on any atom is 0.224 e. The SMILES string of the molecule is CC(C)(Nc1ccnc(Cl)n1)C1CC1. The Bertz CT molecular complexity index is 334. The molecular formula is C10H14ClN3. The molecule has 4 heteroatoms. The number of anilines is 1. The van der Waals surface area contributed by atoms with E-state index >= 15 is 0 Å². The van der Waals surface area contributed by atoms with Gasteiger partial charge in [-0.3, -0.25) is 0 Å². The summed E-state index contributed by atoms with van der Waals surface area (Å²) in [6.07, 6.45) is 4.28. The molecule has 0 unspecified atom stereocenters. The minimum Gasteiger partial charge on any atom is -0.365 e.